The zero-order valence-corrected chi connectivity index (χ0v) is 13.4. The molecule has 1 amide bonds. The van der Waals surface area contributed by atoms with E-state index in [2.05, 4.69) is 4.98 Å². The Bertz CT molecular complexity index is 770. The molecular formula is C16H17ClFN3O2. The van der Waals surface area contributed by atoms with Gasteiger partial charge in [-0.25, -0.2) is 4.98 Å². The maximum absolute atomic E-state index is 14.6. The molecule has 23 heavy (non-hydrogen) atoms. The molecule has 122 valence electrons. The molecule has 2 fully saturated rings. The number of carbonyl (C=O) groups is 1. The van der Waals surface area contributed by atoms with Gasteiger partial charge in [-0.15, -0.1) is 0 Å². The number of hydrogen-bond acceptors (Lipinski definition) is 3. The molecule has 1 spiro atoms. The van der Waals surface area contributed by atoms with Gasteiger partial charge in [0.05, 0.1) is 11.6 Å². The molecule has 4 rings (SSSR count). The van der Waals surface area contributed by atoms with Gasteiger partial charge >= 0.3 is 0 Å². The van der Waals surface area contributed by atoms with Crippen LogP contribution in [0.2, 0.25) is 5.02 Å². The fourth-order valence-corrected chi connectivity index (χ4v) is 3.79. The van der Waals surface area contributed by atoms with Crippen LogP contribution < -0.4 is 0 Å². The van der Waals surface area contributed by atoms with Crippen LogP contribution in [0.4, 0.5) is 4.39 Å². The van der Waals surface area contributed by atoms with Crippen molar-refractivity contribution in [3.63, 3.8) is 0 Å². The van der Waals surface area contributed by atoms with Crippen LogP contribution >= 0.6 is 11.6 Å². The molecule has 2 aliphatic heterocycles. The van der Waals surface area contributed by atoms with Gasteiger partial charge in [-0.3, -0.25) is 9.20 Å². The highest BCUT2D eigenvalue weighted by Crippen LogP contribution is 2.38. The summed E-state index contributed by atoms with van der Waals surface area (Å²) < 4.78 is 21.3. The number of aromatic nitrogens is 2. The highest BCUT2D eigenvalue weighted by molar-refractivity contribution is 6.30. The lowest BCUT2D eigenvalue weighted by Gasteiger charge is -2.39. The Morgan fingerprint density at radius 2 is 2.26 bits per heavy atom. The summed E-state index contributed by atoms with van der Waals surface area (Å²) in [6, 6.07) is 3.23. The molecule has 0 bridgehead atoms. The molecule has 2 aromatic rings. The van der Waals surface area contributed by atoms with E-state index in [9.17, 15) is 9.18 Å². The third-order valence-electron chi connectivity index (χ3n) is 4.86. The van der Waals surface area contributed by atoms with E-state index in [0.29, 0.717) is 30.4 Å². The predicted octanol–water partition coefficient (Wildman–Crippen LogP) is 2.77. The van der Waals surface area contributed by atoms with Crippen LogP contribution in [-0.4, -0.2) is 46.5 Å². The van der Waals surface area contributed by atoms with Crippen LogP contribution in [0.1, 0.15) is 29.8 Å². The van der Waals surface area contributed by atoms with Crippen molar-refractivity contribution in [2.45, 2.75) is 19.3 Å². The summed E-state index contributed by atoms with van der Waals surface area (Å²) in [5.74, 6) is -1.01. The Balaban J connectivity index is 1.65. The number of piperidine rings is 1. The summed E-state index contributed by atoms with van der Waals surface area (Å²) in [6.45, 7) is 2.66. The third-order valence-corrected chi connectivity index (χ3v) is 5.08. The number of pyridine rings is 1. The van der Waals surface area contributed by atoms with Gasteiger partial charge in [0.2, 0.25) is 5.95 Å². The molecule has 1 atom stereocenters. The van der Waals surface area contributed by atoms with Crippen LogP contribution in [0.15, 0.2) is 18.3 Å². The zero-order chi connectivity index (χ0) is 16.0. The van der Waals surface area contributed by atoms with Gasteiger partial charge in [-0.1, -0.05) is 11.6 Å². The fraction of sp³-hybridized carbons (Fsp3) is 0.500. The van der Waals surface area contributed by atoms with Crippen molar-refractivity contribution in [1.29, 1.82) is 0 Å². The van der Waals surface area contributed by atoms with E-state index in [1.807, 2.05) is 0 Å². The molecule has 2 aliphatic rings. The minimum Gasteiger partial charge on any atom is -0.381 e. The summed E-state index contributed by atoms with van der Waals surface area (Å²) in [5, 5.41) is 0.396. The third kappa shape index (κ3) is 2.50. The minimum absolute atomic E-state index is 0.0346. The summed E-state index contributed by atoms with van der Waals surface area (Å²) in [5.41, 5.74) is 0.279. The molecule has 0 N–H and O–H groups in total. The van der Waals surface area contributed by atoms with Crippen molar-refractivity contribution >= 4 is 23.2 Å². The van der Waals surface area contributed by atoms with Crippen LogP contribution in [0.3, 0.4) is 0 Å². The first-order valence-electron chi connectivity index (χ1n) is 7.78. The van der Waals surface area contributed by atoms with Gasteiger partial charge in [0.15, 0.2) is 5.69 Å². The fourth-order valence-electron chi connectivity index (χ4n) is 3.63. The number of rotatable bonds is 1. The van der Waals surface area contributed by atoms with Gasteiger partial charge in [-0.05, 0) is 31.4 Å². The molecule has 0 unspecified atom stereocenters. The number of nitrogens with zero attached hydrogens (tertiary/aromatic N) is 3. The monoisotopic (exact) mass is 337 g/mol. The molecule has 2 aromatic heterocycles. The molecule has 5 nitrogen and oxygen atoms in total. The largest absolute Gasteiger partial charge is 0.381 e. The highest BCUT2D eigenvalue weighted by atomic mass is 35.5. The van der Waals surface area contributed by atoms with E-state index < -0.39 is 5.95 Å². The molecule has 0 aliphatic carbocycles. The molecule has 7 heteroatoms. The van der Waals surface area contributed by atoms with Gasteiger partial charge < -0.3 is 9.64 Å². The van der Waals surface area contributed by atoms with Crippen molar-refractivity contribution in [2.75, 3.05) is 26.3 Å². The molecular weight excluding hydrogens is 321 g/mol. The van der Waals surface area contributed by atoms with Gasteiger partial charge in [0.1, 0.15) is 5.65 Å². The van der Waals surface area contributed by atoms with E-state index in [-0.39, 0.29) is 17.0 Å². The van der Waals surface area contributed by atoms with E-state index in [1.54, 1.807) is 17.0 Å². The Morgan fingerprint density at radius 1 is 1.39 bits per heavy atom. The van der Waals surface area contributed by atoms with Crippen molar-refractivity contribution in [3.05, 3.63) is 35.0 Å². The van der Waals surface area contributed by atoms with Crippen LogP contribution in [0.25, 0.3) is 5.65 Å². The molecule has 0 saturated carbocycles. The summed E-state index contributed by atoms with van der Waals surface area (Å²) in [7, 11) is 0. The molecule has 4 heterocycles. The van der Waals surface area contributed by atoms with Crippen molar-refractivity contribution in [1.82, 2.24) is 14.3 Å². The Labute approximate surface area is 138 Å². The van der Waals surface area contributed by atoms with E-state index in [0.717, 1.165) is 25.9 Å². The molecule has 0 aromatic carbocycles. The maximum Gasteiger partial charge on any atom is 0.277 e. The predicted molar refractivity (Wildman–Crippen MR) is 83.2 cm³/mol. The minimum atomic E-state index is -0.658. The van der Waals surface area contributed by atoms with Gasteiger partial charge in [0, 0.05) is 31.3 Å². The van der Waals surface area contributed by atoms with Crippen molar-refractivity contribution in [3.8, 4) is 0 Å². The summed E-state index contributed by atoms with van der Waals surface area (Å²) in [6.07, 6.45) is 4.36. The maximum atomic E-state index is 14.6. The van der Waals surface area contributed by atoms with Crippen molar-refractivity contribution in [2.24, 2.45) is 5.41 Å². The number of fused-ring (bicyclic) bond motifs is 1. The summed E-state index contributed by atoms with van der Waals surface area (Å²) in [4.78, 5) is 18.6. The second-order valence-electron chi connectivity index (χ2n) is 6.46. The Morgan fingerprint density at radius 3 is 3.04 bits per heavy atom. The Kier molecular flexibility index (Phi) is 3.54. The van der Waals surface area contributed by atoms with E-state index >= 15 is 0 Å². The second-order valence-corrected chi connectivity index (χ2v) is 6.90. The zero-order valence-electron chi connectivity index (χ0n) is 12.6. The normalized spacial score (nSPS) is 24.7. The number of carbonyl (C=O) groups excluding carboxylic acids is 1. The number of imidazole rings is 1. The number of amides is 1. The van der Waals surface area contributed by atoms with Crippen LogP contribution in [0.5, 0.6) is 0 Å². The Hall–Kier alpha value is -1.66. The van der Waals surface area contributed by atoms with Crippen LogP contribution in [-0.2, 0) is 4.74 Å². The van der Waals surface area contributed by atoms with E-state index in [1.165, 1.54) is 10.6 Å². The quantitative estimate of drug-likeness (QED) is 0.804. The van der Waals surface area contributed by atoms with Crippen LogP contribution in [0, 0.1) is 11.4 Å². The first-order chi connectivity index (χ1) is 11.1. The number of hydrogen-bond donors (Lipinski definition) is 0. The standard InChI is InChI=1S/C16H17ClFN3O2/c17-11-2-3-12-19-13(14(18)21(12)8-11)15(22)20-6-1-4-16(9-20)5-7-23-10-16/h2-3,8H,1,4-7,9-10H2/t16-/m1/s1. The first-order valence-corrected chi connectivity index (χ1v) is 8.16. The molecule has 0 radical (unpaired) electrons. The average Bonchev–Trinajstić information content (AvgIpc) is 3.12. The highest BCUT2D eigenvalue weighted by Gasteiger charge is 2.41. The van der Waals surface area contributed by atoms with Gasteiger partial charge in [-0.2, -0.15) is 4.39 Å². The SMILES string of the molecule is O=C(c1nc2ccc(Cl)cn2c1F)N1CCC[C@@]2(CCOC2)C1. The second kappa shape index (κ2) is 5.46. The van der Waals surface area contributed by atoms with Crippen molar-refractivity contribution < 1.29 is 13.9 Å². The lowest BCUT2D eigenvalue weighted by Crippen LogP contribution is -2.46. The topological polar surface area (TPSA) is 46.8 Å². The average molecular weight is 338 g/mol. The summed E-state index contributed by atoms with van der Waals surface area (Å²) >= 11 is 5.89. The first kappa shape index (κ1) is 14.9. The number of likely N-dealkylation sites (tertiary alicyclic amines) is 1. The molecule has 2 saturated heterocycles. The number of halogens is 2. The smallest absolute Gasteiger partial charge is 0.277 e. The number of ether oxygens (including phenoxy) is 1. The lowest BCUT2D eigenvalue weighted by atomic mass is 9.79. The van der Waals surface area contributed by atoms with E-state index in [4.69, 9.17) is 16.3 Å². The van der Waals surface area contributed by atoms with Gasteiger partial charge in [0.25, 0.3) is 5.91 Å². The lowest BCUT2D eigenvalue weighted by molar-refractivity contribution is 0.0454.